The first-order valence-electron chi connectivity index (χ1n) is 4.40. The Hall–Kier alpha value is -0.460. The van der Waals surface area contributed by atoms with Crippen molar-refractivity contribution in [2.45, 2.75) is 13.5 Å². The van der Waals surface area contributed by atoms with Crippen LogP contribution in [0.15, 0.2) is 18.2 Å². The zero-order valence-corrected chi connectivity index (χ0v) is 11.8. The second kappa shape index (κ2) is 6.98. The number of halogens is 2. The summed E-state index contributed by atoms with van der Waals surface area (Å²) in [4.78, 5) is 0. The summed E-state index contributed by atoms with van der Waals surface area (Å²) in [6.07, 6.45) is 0. The fourth-order valence-corrected chi connectivity index (χ4v) is 1.64. The molecule has 0 aromatic heterocycles. The number of rotatable bonds is 4. The average Bonchev–Trinajstić information content (AvgIpc) is 2.09. The molecule has 0 saturated carbocycles. The van der Waals surface area contributed by atoms with Gasteiger partial charge in [0.2, 0.25) is 0 Å². The Labute approximate surface area is 98.8 Å². The molecule has 92 valence electrons. The van der Waals surface area contributed by atoms with Crippen LogP contribution in [0.5, 0.6) is 11.5 Å². The smallest absolute Gasteiger partial charge is 0.387 e. The zero-order chi connectivity index (χ0) is 11.4. The van der Waals surface area contributed by atoms with Crippen LogP contribution in [0.2, 0.25) is 0 Å². The second-order valence-corrected chi connectivity index (χ2v) is 5.02. The maximum atomic E-state index is 12.0. The van der Waals surface area contributed by atoms with Crippen LogP contribution in [0.25, 0.3) is 0 Å². The Morgan fingerprint density at radius 2 is 1.88 bits per heavy atom. The van der Waals surface area contributed by atoms with Crippen LogP contribution in [-0.4, -0.2) is 19.9 Å². The normalized spacial score (nSPS) is 10.2. The minimum atomic E-state index is -2.80. The van der Waals surface area contributed by atoms with Crippen LogP contribution in [0.4, 0.5) is 8.78 Å². The highest BCUT2D eigenvalue weighted by Gasteiger charge is 2.08. The molecule has 0 N–H and O–H groups in total. The number of hydrogen-bond donors (Lipinski definition) is 0. The molecule has 0 amide bonds. The molecule has 0 saturated heterocycles. The van der Waals surface area contributed by atoms with Crippen molar-refractivity contribution in [2.75, 3.05) is 13.3 Å². The molecule has 2 nitrogen and oxygen atoms in total. The Balaban J connectivity index is 0.00000225. The molecule has 16 heavy (non-hydrogen) atoms. The van der Waals surface area contributed by atoms with Gasteiger partial charge in [-0.2, -0.15) is 18.7 Å². The summed E-state index contributed by atoms with van der Waals surface area (Å²) < 4.78 is 33.7. The molecule has 1 aromatic carbocycles. The van der Waals surface area contributed by atoms with Gasteiger partial charge in [0.1, 0.15) is 11.5 Å². The van der Waals surface area contributed by atoms with Gasteiger partial charge in [-0.1, -0.05) is 6.07 Å². The maximum absolute atomic E-state index is 12.0. The number of ether oxygens (including phenoxy) is 1. The van der Waals surface area contributed by atoms with Crippen molar-refractivity contribution < 1.29 is 18.0 Å². The second-order valence-electron chi connectivity index (χ2n) is 3.21. The van der Waals surface area contributed by atoms with E-state index in [1.807, 2.05) is 20.3 Å². The molecule has 0 fully saturated rings. The predicted molar refractivity (Wildman–Crippen MR) is 68.3 cm³/mol. The predicted octanol–water partition coefficient (Wildman–Crippen LogP) is 3.69. The highest BCUT2D eigenvalue weighted by atomic mass is 31.1. The van der Waals surface area contributed by atoms with E-state index in [-0.39, 0.29) is 15.6 Å². The lowest BCUT2D eigenvalue weighted by Gasteiger charge is -2.13. The van der Waals surface area contributed by atoms with Crippen molar-refractivity contribution in [1.82, 2.24) is 0 Å². The van der Waals surface area contributed by atoms with E-state index in [9.17, 15) is 8.78 Å². The van der Waals surface area contributed by atoms with Crippen LogP contribution in [0.3, 0.4) is 0 Å². The molecule has 6 heteroatoms. The van der Waals surface area contributed by atoms with Gasteiger partial charge in [0.05, 0.1) is 8.15 Å². The number of alkyl halides is 2. The third kappa shape index (κ3) is 5.05. The molecular formula is C10H16F2O2P2. The highest BCUT2D eigenvalue weighted by Crippen LogP contribution is 2.34. The molecule has 0 bridgehead atoms. The fraction of sp³-hybridized carbons (Fsp3) is 0.400. The summed E-state index contributed by atoms with van der Waals surface area (Å²) in [6, 6.07) is 4.69. The van der Waals surface area contributed by atoms with Gasteiger partial charge in [0, 0.05) is 6.07 Å². The topological polar surface area (TPSA) is 18.5 Å². The maximum Gasteiger partial charge on any atom is 0.387 e. The van der Waals surface area contributed by atoms with E-state index in [0.29, 0.717) is 5.75 Å². The van der Waals surface area contributed by atoms with Gasteiger partial charge >= 0.3 is 6.61 Å². The molecule has 1 rings (SSSR count). The quantitative estimate of drug-likeness (QED) is 0.775. The highest BCUT2D eigenvalue weighted by molar-refractivity contribution is 7.51. The lowest BCUT2D eigenvalue weighted by molar-refractivity contribution is -0.0498. The molecule has 0 spiro atoms. The molecule has 1 unspecified atom stereocenters. The Bertz CT molecular complexity index is 333. The molecule has 0 heterocycles. The van der Waals surface area contributed by atoms with Crippen molar-refractivity contribution in [3.63, 3.8) is 0 Å². The molecule has 0 aliphatic carbocycles. The van der Waals surface area contributed by atoms with Gasteiger partial charge in [-0.25, -0.2) is 0 Å². The molecule has 0 radical (unpaired) electrons. The van der Waals surface area contributed by atoms with E-state index >= 15 is 0 Å². The van der Waals surface area contributed by atoms with E-state index in [1.54, 1.807) is 6.07 Å². The summed E-state index contributed by atoms with van der Waals surface area (Å²) in [6.45, 7) is 2.94. The van der Waals surface area contributed by atoms with Crippen LogP contribution >= 0.6 is 18.0 Å². The summed E-state index contributed by atoms with van der Waals surface area (Å²) in [5, 5.41) is 0. The summed E-state index contributed by atoms with van der Waals surface area (Å²) in [5.41, 5.74) is 0.910. The minimum absolute atomic E-state index is 0. The van der Waals surface area contributed by atoms with E-state index < -0.39 is 14.8 Å². The Kier molecular flexibility index (Phi) is 6.78. The molecule has 1 aromatic rings. The average molecular weight is 268 g/mol. The molecule has 0 aliphatic rings. The third-order valence-electron chi connectivity index (χ3n) is 1.67. The standard InChI is InChI=1S/C10H13F2O2P.H3P/c1-7-4-5-8(13-10(11)12)6-9(7)14-15(2)3;/h4-6,10H,1-3H3;1H3. The number of hydrogen-bond acceptors (Lipinski definition) is 2. The van der Waals surface area contributed by atoms with Crippen molar-refractivity contribution in [3.05, 3.63) is 23.8 Å². The lowest BCUT2D eigenvalue weighted by Crippen LogP contribution is -2.02. The van der Waals surface area contributed by atoms with Crippen LogP contribution in [0, 0.1) is 6.92 Å². The van der Waals surface area contributed by atoms with Crippen molar-refractivity contribution in [2.24, 2.45) is 0 Å². The van der Waals surface area contributed by atoms with Crippen molar-refractivity contribution in [1.29, 1.82) is 0 Å². The lowest BCUT2D eigenvalue weighted by atomic mass is 10.2. The van der Waals surface area contributed by atoms with Gasteiger partial charge < -0.3 is 9.26 Å². The monoisotopic (exact) mass is 268 g/mol. The van der Waals surface area contributed by atoms with Gasteiger partial charge in [-0.3, -0.25) is 0 Å². The van der Waals surface area contributed by atoms with E-state index in [4.69, 9.17) is 4.52 Å². The van der Waals surface area contributed by atoms with Gasteiger partial charge in [0.25, 0.3) is 0 Å². The van der Waals surface area contributed by atoms with Crippen LogP contribution in [-0.2, 0) is 0 Å². The Morgan fingerprint density at radius 1 is 1.25 bits per heavy atom. The van der Waals surface area contributed by atoms with Crippen LogP contribution < -0.4 is 9.26 Å². The first-order chi connectivity index (χ1) is 6.99. The van der Waals surface area contributed by atoms with Crippen molar-refractivity contribution >= 4 is 18.0 Å². The third-order valence-corrected chi connectivity index (χ3v) is 2.23. The van der Waals surface area contributed by atoms with E-state index in [0.717, 1.165) is 5.56 Å². The van der Waals surface area contributed by atoms with Crippen LogP contribution in [0.1, 0.15) is 5.56 Å². The molecular weight excluding hydrogens is 252 g/mol. The minimum Gasteiger partial charge on any atom is -0.474 e. The van der Waals surface area contributed by atoms with Gasteiger partial charge in [-0.15, -0.1) is 0 Å². The van der Waals surface area contributed by atoms with Gasteiger partial charge in [0.15, 0.2) is 0 Å². The largest absolute Gasteiger partial charge is 0.474 e. The summed E-state index contributed by atoms with van der Waals surface area (Å²) in [7, 11) is -0.569. The van der Waals surface area contributed by atoms with E-state index in [1.165, 1.54) is 12.1 Å². The summed E-state index contributed by atoms with van der Waals surface area (Å²) >= 11 is 0. The first-order valence-corrected chi connectivity index (χ1v) is 6.55. The first kappa shape index (κ1) is 15.5. The zero-order valence-electron chi connectivity index (χ0n) is 9.54. The SMILES string of the molecule is Cc1ccc(OC(F)F)cc1OP(C)C.P. The Morgan fingerprint density at radius 3 is 2.38 bits per heavy atom. The summed E-state index contributed by atoms with van der Waals surface area (Å²) in [5.74, 6) is 0.728. The van der Waals surface area contributed by atoms with E-state index in [2.05, 4.69) is 4.74 Å². The fourth-order valence-electron chi connectivity index (χ4n) is 1.05. The van der Waals surface area contributed by atoms with Gasteiger partial charge in [-0.05, 0) is 31.9 Å². The number of benzene rings is 1. The number of aryl methyl sites for hydroxylation is 1. The van der Waals surface area contributed by atoms with Crippen molar-refractivity contribution in [3.8, 4) is 11.5 Å². The molecule has 1 atom stereocenters. The molecule has 0 aliphatic heterocycles.